The van der Waals surface area contributed by atoms with Gasteiger partial charge in [-0.2, -0.15) is 0 Å². The van der Waals surface area contributed by atoms with Crippen LogP contribution in [0.3, 0.4) is 0 Å². The number of esters is 1. The number of carbonyl (C=O) groups excluding carboxylic acids is 2. The van der Waals surface area contributed by atoms with Crippen molar-refractivity contribution in [1.29, 1.82) is 0 Å². The maximum atomic E-state index is 14.7. The van der Waals surface area contributed by atoms with Gasteiger partial charge in [0.25, 0.3) is 0 Å². The summed E-state index contributed by atoms with van der Waals surface area (Å²) in [4.78, 5) is 30.0. The van der Waals surface area contributed by atoms with Crippen molar-refractivity contribution < 1.29 is 38.0 Å². The number of alkyl carbamates (subject to hydrolysis) is 1. The van der Waals surface area contributed by atoms with E-state index in [0.717, 1.165) is 50.5 Å². The maximum Gasteiger partial charge on any atom is 0.407 e. The van der Waals surface area contributed by atoms with E-state index in [1.54, 1.807) is 0 Å². The van der Waals surface area contributed by atoms with Gasteiger partial charge in [-0.05, 0) is 74.1 Å². The lowest BCUT2D eigenvalue weighted by Crippen LogP contribution is -2.38. The molecule has 3 aliphatic heterocycles. The lowest BCUT2D eigenvalue weighted by atomic mass is 9.91. The molecule has 0 unspecified atom stereocenters. The second kappa shape index (κ2) is 17.6. The van der Waals surface area contributed by atoms with E-state index in [1.165, 1.54) is 12.1 Å². The minimum Gasteiger partial charge on any atom is -0.457 e. The normalized spacial score (nSPS) is 28.4. The summed E-state index contributed by atoms with van der Waals surface area (Å²) in [6.07, 6.45) is 4.64. The molecule has 5 atom stereocenters. The Kier molecular flexibility index (Phi) is 13.7. The molecular weight excluding hydrogens is 581 g/mol. The van der Waals surface area contributed by atoms with Gasteiger partial charge in [0.2, 0.25) is 0 Å². The number of rotatable bonds is 8. The van der Waals surface area contributed by atoms with E-state index in [0.29, 0.717) is 51.3 Å². The van der Waals surface area contributed by atoms with Crippen molar-refractivity contribution in [3.8, 4) is 0 Å². The van der Waals surface area contributed by atoms with Crippen molar-refractivity contribution in [2.24, 2.45) is 11.8 Å². The highest BCUT2D eigenvalue weighted by molar-refractivity contribution is 5.71. The van der Waals surface area contributed by atoms with Crippen molar-refractivity contribution in [1.82, 2.24) is 10.2 Å². The Bertz CT molecular complexity index is 1170. The van der Waals surface area contributed by atoms with Gasteiger partial charge in [0.05, 0.1) is 39.0 Å². The first-order chi connectivity index (χ1) is 21.7. The number of amides is 1. The van der Waals surface area contributed by atoms with Crippen molar-refractivity contribution in [2.45, 2.75) is 64.8 Å². The molecule has 45 heavy (non-hydrogen) atoms. The summed E-state index contributed by atoms with van der Waals surface area (Å²) in [6, 6.07) is 4.90. The predicted octanol–water partition coefficient (Wildman–Crippen LogP) is 4.17. The number of morpholine rings is 2. The summed E-state index contributed by atoms with van der Waals surface area (Å²) < 4.78 is 37.2. The van der Waals surface area contributed by atoms with Crippen LogP contribution in [0.15, 0.2) is 35.9 Å². The van der Waals surface area contributed by atoms with E-state index >= 15 is 0 Å². The maximum absolute atomic E-state index is 14.7. The number of nitrogens with zero attached hydrogens (tertiary/aromatic N) is 2. The van der Waals surface area contributed by atoms with Gasteiger partial charge in [0, 0.05) is 44.3 Å². The minimum absolute atomic E-state index is 0.0846. The standard InChI is InChI=1S/C34H50FN3O7/c1-24-5-7-30(39)23-32(40)45-33(26(3)19-27-20-28(35)22-29(21-27)38-13-17-43-18-14-38)25(2)6-8-31(24)44-34(41)36-9-4-10-37-11-15-42-16-12-37/h6,8,19-22,24-25,30-31,33,39H,4-5,7,9-18,23H2,1-3H3,(H,36,41)/b8-6-,26-19+/t24-,25-,30+,31-,33-/m0/s1. The van der Waals surface area contributed by atoms with Crippen molar-refractivity contribution in [3.63, 3.8) is 0 Å². The van der Waals surface area contributed by atoms with Gasteiger partial charge >= 0.3 is 12.1 Å². The highest BCUT2D eigenvalue weighted by atomic mass is 19.1. The molecular formula is C34H50FN3O7. The monoisotopic (exact) mass is 631 g/mol. The number of carbonyl (C=O) groups is 2. The van der Waals surface area contributed by atoms with Gasteiger partial charge in [0.1, 0.15) is 18.0 Å². The summed E-state index contributed by atoms with van der Waals surface area (Å²) in [7, 11) is 0. The fourth-order valence-corrected chi connectivity index (χ4v) is 5.96. The largest absolute Gasteiger partial charge is 0.457 e. The smallest absolute Gasteiger partial charge is 0.407 e. The molecule has 250 valence electrons. The number of ether oxygens (including phenoxy) is 4. The van der Waals surface area contributed by atoms with Crippen molar-refractivity contribution in [2.75, 3.05) is 70.6 Å². The average molecular weight is 632 g/mol. The van der Waals surface area contributed by atoms with Crippen molar-refractivity contribution in [3.05, 3.63) is 47.3 Å². The van der Waals surface area contributed by atoms with Crippen LogP contribution in [0.4, 0.5) is 14.9 Å². The summed E-state index contributed by atoms with van der Waals surface area (Å²) in [5.74, 6) is -1.22. The van der Waals surface area contributed by atoms with Crippen LogP contribution in [0, 0.1) is 17.7 Å². The molecule has 0 saturated carbocycles. The van der Waals surface area contributed by atoms with Crippen LogP contribution in [0.2, 0.25) is 0 Å². The molecule has 0 aromatic heterocycles. The van der Waals surface area contributed by atoms with Crippen LogP contribution in [0.5, 0.6) is 0 Å². The number of cyclic esters (lactones) is 1. The van der Waals surface area contributed by atoms with Crippen LogP contribution in [-0.4, -0.2) is 106 Å². The van der Waals surface area contributed by atoms with E-state index in [2.05, 4.69) is 15.1 Å². The number of aliphatic hydroxyl groups excluding tert-OH is 1. The fraction of sp³-hybridized carbons (Fsp3) is 0.647. The summed E-state index contributed by atoms with van der Waals surface area (Å²) in [5.41, 5.74) is 2.17. The number of anilines is 1. The Hall–Kier alpha value is -2.99. The molecule has 3 heterocycles. The molecule has 0 bridgehead atoms. The van der Waals surface area contributed by atoms with Crippen LogP contribution >= 0.6 is 0 Å². The van der Waals surface area contributed by atoms with Crippen LogP contribution in [-0.2, 0) is 23.7 Å². The Labute approximate surface area is 266 Å². The van der Waals surface area contributed by atoms with E-state index in [4.69, 9.17) is 18.9 Å². The topological polar surface area (TPSA) is 110 Å². The third-order valence-electron chi connectivity index (χ3n) is 8.65. The van der Waals surface area contributed by atoms with E-state index in [1.807, 2.05) is 45.1 Å². The molecule has 10 nitrogen and oxygen atoms in total. The first-order valence-electron chi connectivity index (χ1n) is 16.3. The number of hydrogen-bond acceptors (Lipinski definition) is 9. The molecule has 0 radical (unpaired) electrons. The van der Waals surface area contributed by atoms with E-state index < -0.39 is 30.4 Å². The minimum atomic E-state index is -0.877. The fourth-order valence-electron chi connectivity index (χ4n) is 5.96. The van der Waals surface area contributed by atoms with E-state index in [-0.39, 0.29) is 24.1 Å². The zero-order valence-electron chi connectivity index (χ0n) is 26.9. The first-order valence-corrected chi connectivity index (χ1v) is 16.3. The zero-order valence-corrected chi connectivity index (χ0v) is 26.9. The summed E-state index contributed by atoms with van der Waals surface area (Å²) in [5, 5.41) is 13.5. The second-order valence-corrected chi connectivity index (χ2v) is 12.4. The van der Waals surface area contributed by atoms with Crippen LogP contribution < -0.4 is 10.2 Å². The lowest BCUT2D eigenvalue weighted by molar-refractivity contribution is -0.151. The van der Waals surface area contributed by atoms with Gasteiger partial charge in [0.15, 0.2) is 0 Å². The highest BCUT2D eigenvalue weighted by Crippen LogP contribution is 2.27. The molecule has 1 aromatic carbocycles. The van der Waals surface area contributed by atoms with Gasteiger partial charge in [-0.25, -0.2) is 9.18 Å². The van der Waals surface area contributed by atoms with Gasteiger partial charge in [-0.1, -0.05) is 26.0 Å². The first kappa shape index (κ1) is 34.9. The Morgan fingerprint density at radius 1 is 1.07 bits per heavy atom. The molecule has 2 N–H and O–H groups in total. The van der Waals surface area contributed by atoms with Gasteiger partial charge in [-0.3, -0.25) is 9.69 Å². The number of nitrogens with one attached hydrogen (secondary N) is 1. The Morgan fingerprint density at radius 3 is 2.51 bits per heavy atom. The third kappa shape index (κ3) is 11.4. The summed E-state index contributed by atoms with van der Waals surface area (Å²) >= 11 is 0. The second-order valence-electron chi connectivity index (χ2n) is 12.4. The number of halogens is 1. The van der Waals surface area contributed by atoms with E-state index in [9.17, 15) is 19.1 Å². The number of benzene rings is 1. The average Bonchev–Trinajstić information content (AvgIpc) is 3.02. The lowest BCUT2D eigenvalue weighted by Gasteiger charge is -2.29. The molecule has 1 amide bonds. The Balaban J connectivity index is 1.45. The molecule has 3 aliphatic rings. The molecule has 1 aromatic rings. The SMILES string of the molecule is C/C(=C\c1cc(F)cc(N2CCOCC2)c1)[C@H]1OC(=O)C[C@H](O)CC[C@H](C)[C@@H](OC(=O)NCCCN2CCOCC2)/C=C\[C@@H]1C. The molecule has 4 rings (SSSR count). The Morgan fingerprint density at radius 2 is 1.78 bits per heavy atom. The number of aliphatic hydroxyl groups is 1. The quantitative estimate of drug-likeness (QED) is 0.248. The van der Waals surface area contributed by atoms with Gasteiger partial charge in [-0.15, -0.1) is 0 Å². The molecule has 2 fully saturated rings. The summed E-state index contributed by atoms with van der Waals surface area (Å²) in [6.45, 7) is 13.0. The zero-order chi connectivity index (χ0) is 32.2. The highest BCUT2D eigenvalue weighted by Gasteiger charge is 2.27. The molecule has 11 heteroatoms. The number of hydrogen-bond donors (Lipinski definition) is 2. The van der Waals surface area contributed by atoms with Crippen LogP contribution in [0.1, 0.15) is 52.0 Å². The van der Waals surface area contributed by atoms with Crippen LogP contribution in [0.25, 0.3) is 6.08 Å². The molecule has 0 aliphatic carbocycles. The molecule has 2 saturated heterocycles. The predicted molar refractivity (Wildman–Crippen MR) is 170 cm³/mol. The molecule has 0 spiro atoms. The van der Waals surface area contributed by atoms with Gasteiger partial charge < -0.3 is 34.3 Å². The third-order valence-corrected chi connectivity index (χ3v) is 8.65. The van der Waals surface area contributed by atoms with Crippen molar-refractivity contribution >= 4 is 23.8 Å².